The van der Waals surface area contributed by atoms with Crippen LogP contribution in [0.1, 0.15) is 33.9 Å². The van der Waals surface area contributed by atoms with Crippen molar-refractivity contribution in [2.45, 2.75) is 19.4 Å². The number of aromatic nitrogens is 2. The van der Waals surface area contributed by atoms with Crippen molar-refractivity contribution in [1.29, 1.82) is 0 Å². The van der Waals surface area contributed by atoms with Crippen molar-refractivity contribution in [3.8, 4) is 0 Å². The number of aryl methyl sites for hydroxylation is 1. The summed E-state index contributed by atoms with van der Waals surface area (Å²) in [5, 5.41) is 16.5. The summed E-state index contributed by atoms with van der Waals surface area (Å²) >= 11 is 0. The Bertz CT molecular complexity index is 633. The van der Waals surface area contributed by atoms with E-state index in [1.165, 1.54) is 17.3 Å². The summed E-state index contributed by atoms with van der Waals surface area (Å²) in [6.07, 6.45) is 2.32. The third kappa shape index (κ3) is 1.87. The summed E-state index contributed by atoms with van der Waals surface area (Å²) in [6.45, 7) is 2.82. The predicted molar refractivity (Wildman–Crippen MR) is 71.6 cm³/mol. The number of aromatic carboxylic acids is 1. The van der Waals surface area contributed by atoms with Crippen LogP contribution in [-0.2, 0) is 0 Å². The van der Waals surface area contributed by atoms with Crippen LogP contribution < -0.4 is 5.32 Å². The Hall–Kier alpha value is -2.30. The zero-order valence-corrected chi connectivity index (χ0v) is 10.6. The van der Waals surface area contributed by atoms with Gasteiger partial charge in [0.05, 0.1) is 12.2 Å². The van der Waals surface area contributed by atoms with Gasteiger partial charge >= 0.3 is 5.97 Å². The normalized spacial score (nSPS) is 17.6. The van der Waals surface area contributed by atoms with Crippen LogP contribution in [0.5, 0.6) is 0 Å². The maximum Gasteiger partial charge on any atom is 0.341 e. The summed E-state index contributed by atoms with van der Waals surface area (Å²) in [5.74, 6) is -0.341. The van der Waals surface area contributed by atoms with Crippen molar-refractivity contribution in [3.05, 3.63) is 47.2 Å². The Labute approximate surface area is 110 Å². The van der Waals surface area contributed by atoms with Crippen LogP contribution in [0.15, 0.2) is 30.5 Å². The molecule has 0 amide bonds. The number of fused-ring (bicyclic) bond motifs is 1. The van der Waals surface area contributed by atoms with E-state index in [0.717, 1.165) is 13.0 Å². The van der Waals surface area contributed by atoms with Crippen LogP contribution >= 0.6 is 0 Å². The molecule has 1 aliphatic rings. The Morgan fingerprint density at radius 1 is 1.47 bits per heavy atom. The molecular weight excluding hydrogens is 242 g/mol. The maximum absolute atomic E-state index is 11.2. The smallest absolute Gasteiger partial charge is 0.341 e. The van der Waals surface area contributed by atoms with Gasteiger partial charge in [-0.05, 0) is 24.5 Å². The summed E-state index contributed by atoms with van der Waals surface area (Å²) in [5.41, 5.74) is 2.64. The zero-order valence-electron chi connectivity index (χ0n) is 10.6. The van der Waals surface area contributed by atoms with Crippen LogP contribution in [0.2, 0.25) is 0 Å². The summed E-state index contributed by atoms with van der Waals surface area (Å²) in [6, 6.07) is 8.26. The van der Waals surface area contributed by atoms with Crippen molar-refractivity contribution in [2.75, 3.05) is 11.9 Å². The fourth-order valence-corrected chi connectivity index (χ4v) is 2.63. The van der Waals surface area contributed by atoms with E-state index in [-0.39, 0.29) is 11.6 Å². The lowest BCUT2D eigenvalue weighted by atomic mass is 9.98. The topological polar surface area (TPSA) is 67.2 Å². The molecule has 0 saturated carbocycles. The van der Waals surface area contributed by atoms with Crippen LogP contribution in [0.4, 0.5) is 5.82 Å². The minimum atomic E-state index is -0.945. The van der Waals surface area contributed by atoms with Gasteiger partial charge in [0, 0.05) is 6.54 Å². The lowest BCUT2D eigenvalue weighted by molar-refractivity contribution is 0.0697. The van der Waals surface area contributed by atoms with Crippen molar-refractivity contribution >= 4 is 11.8 Å². The van der Waals surface area contributed by atoms with Gasteiger partial charge in [0.2, 0.25) is 0 Å². The first-order valence-electron chi connectivity index (χ1n) is 6.28. The Morgan fingerprint density at radius 3 is 3.00 bits per heavy atom. The van der Waals surface area contributed by atoms with E-state index in [9.17, 15) is 4.79 Å². The molecule has 0 aliphatic carbocycles. The molecule has 98 valence electrons. The molecule has 19 heavy (non-hydrogen) atoms. The van der Waals surface area contributed by atoms with Gasteiger partial charge in [-0.25, -0.2) is 9.48 Å². The number of carbonyl (C=O) groups is 1. The van der Waals surface area contributed by atoms with Crippen molar-refractivity contribution in [2.24, 2.45) is 0 Å². The first-order valence-corrected chi connectivity index (χ1v) is 6.28. The lowest BCUT2D eigenvalue weighted by Gasteiger charge is -2.27. The summed E-state index contributed by atoms with van der Waals surface area (Å²) in [7, 11) is 0. The van der Waals surface area contributed by atoms with E-state index in [2.05, 4.69) is 29.5 Å². The zero-order chi connectivity index (χ0) is 13.4. The fraction of sp³-hybridized carbons (Fsp3) is 0.286. The molecule has 5 heteroatoms. The fourth-order valence-electron chi connectivity index (χ4n) is 2.63. The van der Waals surface area contributed by atoms with E-state index in [4.69, 9.17) is 5.11 Å². The second kappa shape index (κ2) is 4.42. The third-order valence-electron chi connectivity index (χ3n) is 3.58. The van der Waals surface area contributed by atoms with E-state index >= 15 is 0 Å². The Morgan fingerprint density at radius 2 is 2.26 bits per heavy atom. The quantitative estimate of drug-likeness (QED) is 0.866. The molecule has 0 fully saturated rings. The number of hydrogen-bond acceptors (Lipinski definition) is 3. The van der Waals surface area contributed by atoms with E-state index < -0.39 is 5.97 Å². The molecule has 1 aliphatic heterocycles. The van der Waals surface area contributed by atoms with Crippen molar-refractivity contribution in [1.82, 2.24) is 9.78 Å². The minimum absolute atomic E-state index is 0.102. The molecular formula is C14H15N3O2. The number of rotatable bonds is 2. The van der Waals surface area contributed by atoms with E-state index in [0.29, 0.717) is 5.82 Å². The standard InChI is InChI=1S/C14H15N3O2/c1-9-4-2-3-5-10(9)12-6-7-15-13-11(14(18)19)8-16-17(12)13/h2-5,8,12,15H,6-7H2,1H3,(H,18,19). The molecule has 2 heterocycles. The molecule has 1 unspecified atom stereocenters. The van der Waals surface area contributed by atoms with Crippen LogP contribution in [-0.4, -0.2) is 27.4 Å². The molecule has 0 spiro atoms. The number of anilines is 1. The molecule has 5 nitrogen and oxygen atoms in total. The maximum atomic E-state index is 11.2. The van der Waals surface area contributed by atoms with Gasteiger partial charge in [-0.2, -0.15) is 5.10 Å². The summed E-state index contributed by atoms with van der Waals surface area (Å²) in [4.78, 5) is 11.2. The van der Waals surface area contributed by atoms with Crippen molar-refractivity contribution < 1.29 is 9.90 Å². The molecule has 1 aromatic carbocycles. The highest BCUT2D eigenvalue weighted by atomic mass is 16.4. The van der Waals surface area contributed by atoms with Gasteiger partial charge in [0.1, 0.15) is 11.4 Å². The molecule has 2 N–H and O–H groups in total. The average molecular weight is 257 g/mol. The van der Waals surface area contributed by atoms with Crippen LogP contribution in [0.3, 0.4) is 0 Å². The molecule has 1 atom stereocenters. The SMILES string of the molecule is Cc1ccccc1C1CCNc2c(C(=O)O)cnn21. The van der Waals surface area contributed by atoms with Crippen LogP contribution in [0.25, 0.3) is 0 Å². The van der Waals surface area contributed by atoms with Gasteiger partial charge in [0.25, 0.3) is 0 Å². The highest BCUT2D eigenvalue weighted by molar-refractivity contribution is 5.93. The number of nitrogens with zero attached hydrogens (tertiary/aromatic N) is 2. The minimum Gasteiger partial charge on any atom is -0.477 e. The highest BCUT2D eigenvalue weighted by Crippen LogP contribution is 2.32. The number of benzene rings is 1. The Kier molecular flexibility index (Phi) is 2.74. The average Bonchev–Trinajstić information content (AvgIpc) is 2.83. The molecule has 1 aromatic heterocycles. The van der Waals surface area contributed by atoms with Crippen LogP contribution in [0, 0.1) is 6.92 Å². The monoisotopic (exact) mass is 257 g/mol. The predicted octanol–water partition coefficient (Wildman–Crippen LogP) is 2.29. The first-order chi connectivity index (χ1) is 9.18. The second-order valence-corrected chi connectivity index (χ2v) is 4.74. The molecule has 0 radical (unpaired) electrons. The van der Waals surface area contributed by atoms with E-state index in [1.54, 1.807) is 4.68 Å². The van der Waals surface area contributed by atoms with Gasteiger partial charge < -0.3 is 10.4 Å². The van der Waals surface area contributed by atoms with Gasteiger partial charge in [0.15, 0.2) is 0 Å². The largest absolute Gasteiger partial charge is 0.477 e. The lowest BCUT2D eigenvalue weighted by Crippen LogP contribution is -2.25. The van der Waals surface area contributed by atoms with Gasteiger partial charge in [-0.15, -0.1) is 0 Å². The van der Waals surface area contributed by atoms with Gasteiger partial charge in [-0.3, -0.25) is 0 Å². The third-order valence-corrected chi connectivity index (χ3v) is 3.58. The van der Waals surface area contributed by atoms with Crippen molar-refractivity contribution in [3.63, 3.8) is 0 Å². The van der Waals surface area contributed by atoms with Gasteiger partial charge in [-0.1, -0.05) is 24.3 Å². The number of nitrogens with one attached hydrogen (secondary N) is 1. The highest BCUT2D eigenvalue weighted by Gasteiger charge is 2.27. The number of carboxylic acids is 1. The summed E-state index contributed by atoms with van der Waals surface area (Å²) < 4.78 is 1.79. The molecule has 0 saturated heterocycles. The number of hydrogen-bond donors (Lipinski definition) is 2. The Balaban J connectivity index is 2.09. The number of carboxylic acid groups (broad SMARTS) is 1. The second-order valence-electron chi connectivity index (χ2n) is 4.74. The van der Waals surface area contributed by atoms with E-state index in [1.807, 2.05) is 12.1 Å². The molecule has 0 bridgehead atoms. The first kappa shape index (κ1) is 11.8. The molecule has 3 rings (SSSR count). The molecule has 2 aromatic rings.